The first kappa shape index (κ1) is 12.9. The Bertz CT molecular complexity index is 192. The van der Waals surface area contributed by atoms with Crippen LogP contribution in [0.4, 0.5) is 0 Å². The minimum atomic E-state index is 0.254. The van der Waals surface area contributed by atoms with Gasteiger partial charge < -0.3 is 10.1 Å². The fraction of sp³-hybridized carbons (Fsp3) is 1.00. The number of nitrogens with one attached hydrogen (secondary N) is 1. The van der Waals surface area contributed by atoms with Crippen LogP contribution in [0.2, 0.25) is 0 Å². The Balaban J connectivity index is 2.54. The van der Waals surface area contributed by atoms with E-state index < -0.39 is 0 Å². The topological polar surface area (TPSA) is 24.5 Å². The van der Waals surface area contributed by atoms with Gasteiger partial charge in [0.25, 0.3) is 0 Å². The third kappa shape index (κ3) is 3.44. The fourth-order valence-electron chi connectivity index (χ4n) is 2.08. The van der Waals surface area contributed by atoms with E-state index in [9.17, 15) is 0 Å². The summed E-state index contributed by atoms with van der Waals surface area (Å²) in [6.45, 7) is 13.2. The summed E-state index contributed by atoms with van der Waals surface area (Å²) in [6.07, 6.45) is 0. The number of ether oxygens (including phenoxy) is 1. The molecule has 0 aromatic carbocycles. The van der Waals surface area contributed by atoms with Crippen LogP contribution in [0.25, 0.3) is 0 Å². The minimum Gasteiger partial charge on any atom is -0.383 e. The molecule has 0 aliphatic carbocycles. The van der Waals surface area contributed by atoms with Gasteiger partial charge in [0, 0.05) is 38.3 Å². The van der Waals surface area contributed by atoms with Crippen LogP contribution in [0.15, 0.2) is 0 Å². The van der Waals surface area contributed by atoms with Crippen LogP contribution in [0, 0.1) is 5.92 Å². The zero-order valence-corrected chi connectivity index (χ0v) is 10.8. The number of piperazine rings is 1. The molecule has 1 N–H and O–H groups in total. The second-order valence-corrected chi connectivity index (χ2v) is 5.48. The van der Waals surface area contributed by atoms with Gasteiger partial charge in [-0.2, -0.15) is 0 Å². The second-order valence-electron chi connectivity index (χ2n) is 5.48. The summed E-state index contributed by atoms with van der Waals surface area (Å²) in [7, 11) is 1.77. The molecule has 15 heavy (non-hydrogen) atoms. The van der Waals surface area contributed by atoms with Crippen LogP contribution >= 0.6 is 0 Å². The molecule has 0 radical (unpaired) electrons. The minimum absolute atomic E-state index is 0.254. The van der Waals surface area contributed by atoms with E-state index in [0.717, 1.165) is 26.2 Å². The maximum absolute atomic E-state index is 5.17. The van der Waals surface area contributed by atoms with E-state index in [0.29, 0.717) is 12.0 Å². The fourth-order valence-corrected chi connectivity index (χ4v) is 2.08. The van der Waals surface area contributed by atoms with Crippen molar-refractivity contribution < 1.29 is 4.74 Å². The average molecular weight is 214 g/mol. The van der Waals surface area contributed by atoms with Crippen LogP contribution in [0.1, 0.15) is 27.7 Å². The van der Waals surface area contributed by atoms with Crippen molar-refractivity contribution in [2.75, 3.05) is 33.4 Å². The predicted octanol–water partition coefficient (Wildman–Crippen LogP) is 1.34. The van der Waals surface area contributed by atoms with E-state index in [4.69, 9.17) is 4.74 Å². The largest absolute Gasteiger partial charge is 0.383 e. The first-order chi connectivity index (χ1) is 6.97. The predicted molar refractivity (Wildman–Crippen MR) is 64.2 cm³/mol. The molecule has 0 aromatic rings. The van der Waals surface area contributed by atoms with Crippen molar-refractivity contribution in [1.82, 2.24) is 10.2 Å². The summed E-state index contributed by atoms with van der Waals surface area (Å²) in [5.74, 6) is 0.700. The Labute approximate surface area is 94.2 Å². The summed E-state index contributed by atoms with van der Waals surface area (Å²) in [5.41, 5.74) is 0.254. The van der Waals surface area contributed by atoms with E-state index in [1.165, 1.54) is 0 Å². The van der Waals surface area contributed by atoms with Gasteiger partial charge in [-0.15, -0.1) is 0 Å². The zero-order chi connectivity index (χ0) is 11.5. The van der Waals surface area contributed by atoms with Crippen molar-refractivity contribution in [1.29, 1.82) is 0 Å². The standard InChI is InChI=1S/C12H26N2O/c1-10(2)11-8-14(6-7-15-5)12(3,4)9-13-11/h10-11,13H,6-9H2,1-5H3. The molecule has 1 fully saturated rings. The highest BCUT2D eigenvalue weighted by atomic mass is 16.5. The molecule has 1 rings (SSSR count). The second kappa shape index (κ2) is 5.28. The molecule has 3 heteroatoms. The lowest BCUT2D eigenvalue weighted by atomic mass is 9.93. The highest BCUT2D eigenvalue weighted by Crippen LogP contribution is 2.20. The molecule has 3 nitrogen and oxygen atoms in total. The first-order valence-corrected chi connectivity index (χ1v) is 5.95. The number of hydrogen-bond donors (Lipinski definition) is 1. The molecule has 1 saturated heterocycles. The molecule has 0 saturated carbocycles. The Morgan fingerprint density at radius 1 is 1.47 bits per heavy atom. The van der Waals surface area contributed by atoms with Gasteiger partial charge in [0.2, 0.25) is 0 Å². The quantitative estimate of drug-likeness (QED) is 0.764. The molecule has 1 aliphatic heterocycles. The van der Waals surface area contributed by atoms with Crippen molar-refractivity contribution in [3.8, 4) is 0 Å². The van der Waals surface area contributed by atoms with Crippen molar-refractivity contribution in [2.24, 2.45) is 5.92 Å². The average Bonchev–Trinajstić information content (AvgIpc) is 2.15. The normalized spacial score (nSPS) is 27.2. The zero-order valence-electron chi connectivity index (χ0n) is 10.8. The molecule has 0 aromatic heterocycles. The molecule has 0 spiro atoms. The van der Waals surface area contributed by atoms with E-state index >= 15 is 0 Å². The van der Waals surface area contributed by atoms with Crippen LogP contribution < -0.4 is 5.32 Å². The maximum atomic E-state index is 5.17. The van der Waals surface area contributed by atoms with Crippen LogP contribution in [0.3, 0.4) is 0 Å². The Morgan fingerprint density at radius 2 is 2.13 bits per heavy atom. The molecule has 0 bridgehead atoms. The van der Waals surface area contributed by atoms with Gasteiger partial charge in [0.15, 0.2) is 0 Å². The van der Waals surface area contributed by atoms with Crippen molar-refractivity contribution in [3.05, 3.63) is 0 Å². The lowest BCUT2D eigenvalue weighted by Gasteiger charge is -2.47. The van der Waals surface area contributed by atoms with Gasteiger partial charge in [0.05, 0.1) is 6.61 Å². The third-order valence-corrected chi connectivity index (χ3v) is 3.44. The lowest BCUT2D eigenvalue weighted by molar-refractivity contribution is 0.0317. The molecule has 1 heterocycles. The number of rotatable bonds is 4. The van der Waals surface area contributed by atoms with E-state index in [1.54, 1.807) is 7.11 Å². The highest BCUT2D eigenvalue weighted by Gasteiger charge is 2.34. The summed E-state index contributed by atoms with van der Waals surface area (Å²) >= 11 is 0. The SMILES string of the molecule is COCCN1CC(C(C)C)NCC1(C)C. The Kier molecular flexibility index (Phi) is 4.56. The molecule has 0 amide bonds. The number of nitrogens with zero attached hydrogens (tertiary/aromatic N) is 1. The van der Waals surface area contributed by atoms with Gasteiger partial charge in [-0.1, -0.05) is 13.8 Å². The van der Waals surface area contributed by atoms with E-state index in [-0.39, 0.29) is 5.54 Å². The van der Waals surface area contributed by atoms with E-state index in [2.05, 4.69) is 37.9 Å². The smallest absolute Gasteiger partial charge is 0.0589 e. The summed E-state index contributed by atoms with van der Waals surface area (Å²) < 4.78 is 5.17. The number of methoxy groups -OCH3 is 1. The first-order valence-electron chi connectivity index (χ1n) is 5.95. The van der Waals surface area contributed by atoms with Crippen molar-refractivity contribution in [2.45, 2.75) is 39.3 Å². The van der Waals surface area contributed by atoms with Gasteiger partial charge in [-0.25, -0.2) is 0 Å². The van der Waals surface area contributed by atoms with Crippen LogP contribution in [-0.2, 0) is 4.74 Å². The van der Waals surface area contributed by atoms with Gasteiger partial charge >= 0.3 is 0 Å². The monoisotopic (exact) mass is 214 g/mol. The Morgan fingerprint density at radius 3 is 2.67 bits per heavy atom. The molecule has 1 atom stereocenters. The van der Waals surface area contributed by atoms with Crippen LogP contribution in [-0.4, -0.2) is 49.8 Å². The lowest BCUT2D eigenvalue weighted by Crippen LogP contribution is -2.63. The summed E-state index contributed by atoms with van der Waals surface area (Å²) in [5, 5.41) is 3.63. The highest BCUT2D eigenvalue weighted by molar-refractivity contribution is 4.93. The van der Waals surface area contributed by atoms with Crippen LogP contribution in [0.5, 0.6) is 0 Å². The van der Waals surface area contributed by atoms with Gasteiger partial charge in [-0.05, 0) is 19.8 Å². The molecule has 1 unspecified atom stereocenters. The van der Waals surface area contributed by atoms with Crippen molar-refractivity contribution >= 4 is 0 Å². The molecular weight excluding hydrogens is 188 g/mol. The summed E-state index contributed by atoms with van der Waals surface area (Å²) in [6, 6.07) is 0.620. The van der Waals surface area contributed by atoms with Gasteiger partial charge in [0.1, 0.15) is 0 Å². The third-order valence-electron chi connectivity index (χ3n) is 3.44. The number of hydrogen-bond acceptors (Lipinski definition) is 3. The molecular formula is C12H26N2O. The maximum Gasteiger partial charge on any atom is 0.0589 e. The van der Waals surface area contributed by atoms with Crippen molar-refractivity contribution in [3.63, 3.8) is 0 Å². The van der Waals surface area contributed by atoms with Gasteiger partial charge in [-0.3, -0.25) is 4.90 Å². The summed E-state index contributed by atoms with van der Waals surface area (Å²) in [4.78, 5) is 2.54. The molecule has 90 valence electrons. The molecule has 1 aliphatic rings. The Hall–Kier alpha value is -0.120. The van der Waals surface area contributed by atoms with E-state index in [1.807, 2.05) is 0 Å².